The molecule has 2 aromatic carbocycles. The molecular formula is C44H72BrNO2Si4. The maximum Gasteiger partial charge on any atom is 0.231 e. The first-order valence-corrected chi connectivity index (χ1v) is 31.2. The van der Waals surface area contributed by atoms with Crippen molar-refractivity contribution in [3.05, 3.63) is 109 Å². The number of allylic oxidation sites excluding steroid dienone is 4. The molecule has 0 atom stereocenters. The minimum atomic E-state index is -2.03. The van der Waals surface area contributed by atoms with Crippen molar-refractivity contribution in [3.8, 4) is 23.4 Å². The maximum atomic E-state index is 6.22. The van der Waals surface area contributed by atoms with Crippen LogP contribution in [0.2, 0.25) is 63.5 Å². The lowest BCUT2D eigenvalue weighted by atomic mass is 10.2. The van der Waals surface area contributed by atoms with Crippen molar-refractivity contribution in [2.45, 2.75) is 98.1 Å². The highest BCUT2D eigenvalue weighted by atomic mass is 79.9. The van der Waals surface area contributed by atoms with Gasteiger partial charge in [-0.1, -0.05) is 130 Å². The van der Waals surface area contributed by atoms with E-state index in [-0.39, 0.29) is 0 Å². The van der Waals surface area contributed by atoms with Crippen LogP contribution >= 0.6 is 15.9 Å². The van der Waals surface area contributed by atoms with Crippen molar-refractivity contribution in [1.82, 2.24) is 4.90 Å². The fourth-order valence-electron chi connectivity index (χ4n) is 5.07. The van der Waals surface area contributed by atoms with Crippen LogP contribution in [0, 0.1) is 23.4 Å². The summed E-state index contributed by atoms with van der Waals surface area (Å²) in [6.07, 6.45) is 13.0. The molecule has 0 bridgehead atoms. The lowest BCUT2D eigenvalue weighted by Gasteiger charge is -2.29. The predicted molar refractivity (Wildman–Crippen MR) is 250 cm³/mol. The van der Waals surface area contributed by atoms with Crippen molar-refractivity contribution in [2.75, 3.05) is 32.8 Å². The molecule has 0 unspecified atom stereocenters. The van der Waals surface area contributed by atoms with E-state index in [1.165, 1.54) is 30.0 Å². The minimum absolute atomic E-state index is 0.727. The highest BCUT2D eigenvalue weighted by Crippen LogP contribution is 2.21. The second-order valence-electron chi connectivity index (χ2n) is 14.4. The number of hydrogen-bond acceptors (Lipinski definition) is 3. The lowest BCUT2D eigenvalue weighted by Crippen LogP contribution is -2.50. The van der Waals surface area contributed by atoms with E-state index in [4.69, 9.17) is 15.3 Å². The smallest absolute Gasteiger partial charge is 0.231 e. The molecule has 0 fully saturated rings. The second kappa shape index (κ2) is 28.2. The third-order valence-corrected chi connectivity index (χ3v) is 18.4. The molecule has 3 nitrogen and oxygen atoms in total. The van der Waals surface area contributed by atoms with Gasteiger partial charge in [0.15, 0.2) is 0 Å². The molecule has 2 rings (SSSR count). The van der Waals surface area contributed by atoms with Crippen LogP contribution < -0.4 is 10.4 Å². The van der Waals surface area contributed by atoms with Gasteiger partial charge >= 0.3 is 0 Å². The number of nitrogens with zero attached hydrogens (tertiary/aromatic N) is 1. The first kappa shape index (κ1) is 51.9. The van der Waals surface area contributed by atoms with E-state index >= 15 is 0 Å². The summed E-state index contributed by atoms with van der Waals surface area (Å²) in [5, 5.41) is 2.61. The molecule has 0 aromatic heterocycles. The van der Waals surface area contributed by atoms with E-state index < -0.39 is 32.8 Å². The van der Waals surface area contributed by atoms with E-state index in [0.717, 1.165) is 47.4 Å². The van der Waals surface area contributed by atoms with E-state index in [1.54, 1.807) is 0 Å². The minimum Gasteiger partial charge on any atom is -0.412 e. The van der Waals surface area contributed by atoms with E-state index in [2.05, 4.69) is 180 Å². The molecule has 2 aromatic rings. The Labute approximate surface area is 334 Å². The Balaban J connectivity index is 0. The van der Waals surface area contributed by atoms with Crippen LogP contribution in [-0.2, 0) is 8.85 Å². The molecule has 288 valence electrons. The van der Waals surface area contributed by atoms with Crippen LogP contribution in [0.1, 0.15) is 40.2 Å². The van der Waals surface area contributed by atoms with E-state index in [9.17, 15) is 0 Å². The molecule has 0 saturated carbocycles. The van der Waals surface area contributed by atoms with Gasteiger partial charge in [-0.15, -0.1) is 43.8 Å². The zero-order chi connectivity index (χ0) is 40.3. The Kier molecular flexibility index (Phi) is 28.1. The normalized spacial score (nSPS) is 11.1. The van der Waals surface area contributed by atoms with Gasteiger partial charge in [0, 0.05) is 23.2 Å². The number of terminal acetylenes is 1. The molecule has 0 aliphatic carbocycles. The summed E-state index contributed by atoms with van der Waals surface area (Å²) >= 11 is 3.46. The fourth-order valence-corrected chi connectivity index (χ4v) is 12.5. The molecule has 0 spiro atoms. The zero-order valence-corrected chi connectivity index (χ0v) is 40.4. The van der Waals surface area contributed by atoms with Gasteiger partial charge in [-0.3, -0.25) is 0 Å². The van der Waals surface area contributed by atoms with Gasteiger partial charge in [0.2, 0.25) is 16.6 Å². The van der Waals surface area contributed by atoms with Crippen molar-refractivity contribution >= 4 is 59.1 Å². The van der Waals surface area contributed by atoms with Gasteiger partial charge in [0.05, 0.1) is 0 Å². The Hall–Kier alpha value is -2.25. The molecule has 0 amide bonds. The lowest BCUT2D eigenvalue weighted by molar-refractivity contribution is 0.321. The third-order valence-electron chi connectivity index (χ3n) is 7.88. The Morgan fingerprint density at radius 2 is 0.942 bits per heavy atom. The van der Waals surface area contributed by atoms with Gasteiger partial charge in [0.25, 0.3) is 0 Å². The van der Waals surface area contributed by atoms with Crippen LogP contribution in [0.3, 0.4) is 0 Å². The second-order valence-corrected chi connectivity index (χ2v) is 32.2. The van der Waals surface area contributed by atoms with Crippen LogP contribution in [-0.4, -0.2) is 70.5 Å². The predicted octanol–water partition coefficient (Wildman–Crippen LogP) is 11.3. The quantitative estimate of drug-likeness (QED) is 0.0900. The Morgan fingerprint density at radius 1 is 0.615 bits per heavy atom. The average molecular weight is 839 g/mol. The summed E-state index contributed by atoms with van der Waals surface area (Å²) in [7, 11) is -6.42. The summed E-state index contributed by atoms with van der Waals surface area (Å²) in [5.74, 6) is 3.31. The molecule has 0 saturated heterocycles. The molecular weight excluding hydrogens is 767 g/mol. The summed E-state index contributed by atoms with van der Waals surface area (Å²) < 4.78 is 13.4. The highest BCUT2D eigenvalue weighted by molar-refractivity contribution is 9.10. The average Bonchev–Trinajstić information content (AvgIpc) is 3.09. The highest BCUT2D eigenvalue weighted by Gasteiger charge is 2.35. The Morgan fingerprint density at radius 3 is 1.17 bits per heavy atom. The van der Waals surface area contributed by atoms with Crippen molar-refractivity contribution in [1.29, 1.82) is 0 Å². The standard InChI is InChI=1S/C19H28OSi2.C14H19BrOSi.C6H15N.C5H10Si/c1-7-15-22(16-8-2,20-9-3)19-12-10-18(11-13-19)14-17-21(4,5)6;1-4-11-17(12-5-2,16-6-3)14-9-7-13(15)8-10-14;1-4-7(5-2)6-3;1-5-6(2,3)4/h7-8,10-13H,1-2,9,15-16H2,3-6H3;4-5,7-10H,1-2,6,11-12H2,3H3;4-6H2,1-3H3;1H,2-4H3. The summed E-state index contributed by atoms with van der Waals surface area (Å²) in [6, 6.07) is 20.7. The van der Waals surface area contributed by atoms with Crippen LogP contribution in [0.5, 0.6) is 0 Å². The molecule has 52 heavy (non-hydrogen) atoms. The van der Waals surface area contributed by atoms with E-state index in [1.807, 2.05) is 31.2 Å². The molecule has 8 heteroatoms. The van der Waals surface area contributed by atoms with Crippen LogP contribution in [0.25, 0.3) is 0 Å². The first-order valence-electron chi connectivity index (χ1n) is 18.8. The van der Waals surface area contributed by atoms with E-state index in [0.29, 0.717) is 0 Å². The van der Waals surface area contributed by atoms with Gasteiger partial charge in [0.1, 0.15) is 16.1 Å². The zero-order valence-electron chi connectivity index (χ0n) is 34.8. The molecule has 0 aliphatic heterocycles. The molecule has 0 heterocycles. The third kappa shape index (κ3) is 22.1. The first-order chi connectivity index (χ1) is 24.5. The number of hydrogen-bond donors (Lipinski definition) is 0. The van der Waals surface area contributed by atoms with Gasteiger partial charge in [-0.25, -0.2) is 0 Å². The summed E-state index contributed by atoms with van der Waals surface area (Å²) in [5.41, 5.74) is 7.24. The fraction of sp³-hybridized carbons (Fsp3) is 0.455. The van der Waals surface area contributed by atoms with Crippen molar-refractivity contribution < 1.29 is 8.85 Å². The van der Waals surface area contributed by atoms with Crippen LogP contribution in [0.4, 0.5) is 0 Å². The van der Waals surface area contributed by atoms with Gasteiger partial charge in [-0.2, -0.15) is 0 Å². The summed E-state index contributed by atoms with van der Waals surface area (Å²) in [6.45, 7) is 44.5. The van der Waals surface area contributed by atoms with Crippen molar-refractivity contribution in [3.63, 3.8) is 0 Å². The largest absolute Gasteiger partial charge is 0.412 e. The topological polar surface area (TPSA) is 21.7 Å². The van der Waals surface area contributed by atoms with Gasteiger partial charge < -0.3 is 13.8 Å². The number of rotatable bonds is 17. The molecule has 0 N–H and O–H groups in total. The molecule has 0 aliphatic rings. The maximum absolute atomic E-state index is 6.22. The molecule has 0 radical (unpaired) electrons. The Bertz CT molecular complexity index is 1360. The monoisotopic (exact) mass is 837 g/mol. The number of benzene rings is 2. The summed E-state index contributed by atoms with van der Waals surface area (Å²) in [4.78, 5) is 2.38. The SMILES string of the molecule is C#C[Si](C)(C)C.C=CC[Si](CC=C)(OCC)c1ccc(Br)cc1.C=CC[Si](CC=C)(OCC)c1ccc(C#C[Si](C)(C)C)cc1.CCN(CC)CC. The number of halogens is 1. The van der Waals surface area contributed by atoms with Crippen LogP contribution in [0.15, 0.2) is 104 Å². The van der Waals surface area contributed by atoms with Crippen molar-refractivity contribution in [2.24, 2.45) is 0 Å². The van der Waals surface area contributed by atoms with Gasteiger partial charge in [-0.05, 0) is 92.3 Å².